The molecular formula is C22H19BrFNO3. The van der Waals surface area contributed by atoms with Gasteiger partial charge in [-0.05, 0) is 58.2 Å². The van der Waals surface area contributed by atoms with E-state index in [0.29, 0.717) is 33.8 Å². The number of halogens is 2. The van der Waals surface area contributed by atoms with Crippen LogP contribution in [0.4, 0.5) is 10.1 Å². The van der Waals surface area contributed by atoms with Crippen molar-refractivity contribution >= 4 is 27.5 Å². The number of rotatable bonds is 6. The maximum atomic E-state index is 13.5. The summed E-state index contributed by atoms with van der Waals surface area (Å²) in [6, 6.07) is 17.2. The molecule has 0 saturated heterocycles. The summed E-state index contributed by atoms with van der Waals surface area (Å²) in [4.78, 5) is 12.6. The minimum atomic E-state index is -0.413. The summed E-state index contributed by atoms with van der Waals surface area (Å²) in [5, 5.41) is 2.73. The smallest absolute Gasteiger partial charge is 0.255 e. The van der Waals surface area contributed by atoms with Crippen molar-refractivity contribution in [1.82, 2.24) is 0 Å². The lowest BCUT2D eigenvalue weighted by atomic mass is 10.1. The van der Waals surface area contributed by atoms with E-state index in [2.05, 4.69) is 21.2 Å². The highest BCUT2D eigenvalue weighted by Gasteiger charge is 2.17. The Kier molecular flexibility index (Phi) is 6.31. The van der Waals surface area contributed by atoms with E-state index in [1.54, 1.807) is 25.1 Å². The minimum absolute atomic E-state index is 0.361. The molecule has 1 N–H and O–H groups in total. The van der Waals surface area contributed by atoms with Crippen LogP contribution in [-0.4, -0.2) is 13.0 Å². The first-order valence-corrected chi connectivity index (χ1v) is 9.39. The number of carbonyl (C=O) groups excluding carboxylic acids is 1. The van der Waals surface area contributed by atoms with Crippen molar-refractivity contribution in [2.45, 2.75) is 13.5 Å². The van der Waals surface area contributed by atoms with Crippen molar-refractivity contribution < 1.29 is 18.7 Å². The van der Waals surface area contributed by atoms with Crippen LogP contribution < -0.4 is 14.8 Å². The fraction of sp³-hybridized carbons (Fsp3) is 0.136. The van der Waals surface area contributed by atoms with Crippen LogP contribution in [0.2, 0.25) is 0 Å². The van der Waals surface area contributed by atoms with Gasteiger partial charge in [-0.15, -0.1) is 0 Å². The number of ether oxygens (including phenoxy) is 2. The zero-order valence-electron chi connectivity index (χ0n) is 15.5. The molecule has 0 atom stereocenters. The fourth-order valence-corrected chi connectivity index (χ4v) is 3.20. The van der Waals surface area contributed by atoms with Crippen LogP contribution in [0.5, 0.6) is 11.5 Å². The molecule has 0 aromatic heterocycles. The molecule has 4 nitrogen and oxygen atoms in total. The number of carbonyl (C=O) groups is 1. The van der Waals surface area contributed by atoms with Crippen molar-refractivity contribution in [2.24, 2.45) is 0 Å². The lowest BCUT2D eigenvalue weighted by Gasteiger charge is -2.15. The van der Waals surface area contributed by atoms with Gasteiger partial charge in [0.25, 0.3) is 5.91 Å². The van der Waals surface area contributed by atoms with Crippen LogP contribution in [0, 0.1) is 12.7 Å². The lowest BCUT2D eigenvalue weighted by molar-refractivity contribution is 0.102. The van der Waals surface area contributed by atoms with Gasteiger partial charge in [-0.3, -0.25) is 4.79 Å². The largest absolute Gasteiger partial charge is 0.493 e. The van der Waals surface area contributed by atoms with Crippen LogP contribution in [0.25, 0.3) is 0 Å². The molecule has 6 heteroatoms. The Morgan fingerprint density at radius 3 is 2.57 bits per heavy atom. The first-order chi connectivity index (χ1) is 13.5. The summed E-state index contributed by atoms with van der Waals surface area (Å²) in [5.41, 5.74) is 2.56. The first kappa shape index (κ1) is 19.9. The number of benzene rings is 3. The second-order valence-electron chi connectivity index (χ2n) is 6.18. The van der Waals surface area contributed by atoms with Crippen LogP contribution >= 0.6 is 15.9 Å². The van der Waals surface area contributed by atoms with Gasteiger partial charge in [0.1, 0.15) is 12.4 Å². The zero-order chi connectivity index (χ0) is 20.1. The standard InChI is InChI=1S/C22H19BrFNO3/c1-14-8-9-17(24)12-19(14)25-22(26)16-10-18(23)21(20(11-16)27-2)28-13-15-6-4-3-5-7-15/h3-12H,13H2,1-2H3,(H,25,26). The van der Waals surface area contributed by atoms with Crippen LogP contribution in [0.15, 0.2) is 65.1 Å². The van der Waals surface area contributed by atoms with E-state index in [0.717, 1.165) is 11.1 Å². The topological polar surface area (TPSA) is 47.6 Å². The second-order valence-corrected chi connectivity index (χ2v) is 7.03. The van der Waals surface area contributed by atoms with Gasteiger partial charge in [-0.25, -0.2) is 4.39 Å². The molecule has 0 aliphatic carbocycles. The summed E-state index contributed by atoms with van der Waals surface area (Å²) in [6.45, 7) is 2.16. The molecule has 0 spiro atoms. The molecule has 0 saturated carbocycles. The number of hydrogen-bond donors (Lipinski definition) is 1. The fourth-order valence-electron chi connectivity index (χ4n) is 2.64. The molecule has 0 unspecified atom stereocenters. The Hall–Kier alpha value is -2.86. The third-order valence-corrected chi connectivity index (χ3v) is 4.75. The Morgan fingerprint density at radius 1 is 1.11 bits per heavy atom. The quantitative estimate of drug-likeness (QED) is 0.528. The monoisotopic (exact) mass is 443 g/mol. The normalized spacial score (nSPS) is 10.4. The summed E-state index contributed by atoms with van der Waals surface area (Å²) in [7, 11) is 1.51. The molecule has 144 valence electrons. The van der Waals surface area contributed by atoms with E-state index in [9.17, 15) is 9.18 Å². The van der Waals surface area contributed by atoms with Crippen molar-refractivity contribution in [3.05, 3.63) is 87.6 Å². The van der Waals surface area contributed by atoms with Gasteiger partial charge in [0.2, 0.25) is 0 Å². The highest BCUT2D eigenvalue weighted by atomic mass is 79.9. The molecule has 3 rings (SSSR count). The van der Waals surface area contributed by atoms with E-state index >= 15 is 0 Å². The van der Waals surface area contributed by atoms with Gasteiger partial charge in [-0.1, -0.05) is 36.4 Å². The number of aryl methyl sites for hydroxylation is 1. The highest BCUT2D eigenvalue weighted by Crippen LogP contribution is 2.37. The maximum absolute atomic E-state index is 13.5. The van der Waals surface area contributed by atoms with Gasteiger partial charge in [0.05, 0.1) is 11.6 Å². The average Bonchev–Trinajstić information content (AvgIpc) is 2.70. The molecule has 28 heavy (non-hydrogen) atoms. The highest BCUT2D eigenvalue weighted by molar-refractivity contribution is 9.10. The minimum Gasteiger partial charge on any atom is -0.493 e. The van der Waals surface area contributed by atoms with Gasteiger partial charge < -0.3 is 14.8 Å². The summed E-state index contributed by atoms with van der Waals surface area (Å²) < 4.78 is 25.3. The number of nitrogens with one attached hydrogen (secondary N) is 1. The average molecular weight is 444 g/mol. The van der Waals surface area contributed by atoms with Crippen LogP contribution in [0.3, 0.4) is 0 Å². The van der Waals surface area contributed by atoms with Crippen LogP contribution in [0.1, 0.15) is 21.5 Å². The summed E-state index contributed by atoms with van der Waals surface area (Å²) >= 11 is 3.45. The zero-order valence-corrected chi connectivity index (χ0v) is 17.0. The predicted molar refractivity (Wildman–Crippen MR) is 111 cm³/mol. The molecule has 0 fully saturated rings. The third kappa shape index (κ3) is 4.70. The van der Waals surface area contributed by atoms with E-state index < -0.39 is 5.82 Å². The Balaban J connectivity index is 1.82. The predicted octanol–water partition coefficient (Wildman–Crippen LogP) is 5.74. The molecule has 0 heterocycles. The molecule has 3 aromatic carbocycles. The molecular weight excluding hydrogens is 425 g/mol. The molecule has 1 amide bonds. The van der Waals surface area contributed by atoms with Crippen molar-refractivity contribution in [3.63, 3.8) is 0 Å². The van der Waals surface area contributed by atoms with E-state index in [1.807, 2.05) is 30.3 Å². The summed E-state index contributed by atoms with van der Waals surface area (Å²) in [6.07, 6.45) is 0. The first-order valence-electron chi connectivity index (χ1n) is 8.59. The van der Waals surface area contributed by atoms with Crippen molar-refractivity contribution in [2.75, 3.05) is 12.4 Å². The summed E-state index contributed by atoms with van der Waals surface area (Å²) in [5.74, 6) is 0.142. The maximum Gasteiger partial charge on any atom is 0.255 e. The molecule has 0 bridgehead atoms. The third-order valence-electron chi connectivity index (χ3n) is 4.17. The molecule has 0 aliphatic rings. The number of anilines is 1. The van der Waals surface area contributed by atoms with E-state index in [1.165, 1.54) is 19.2 Å². The Morgan fingerprint density at radius 2 is 1.86 bits per heavy atom. The SMILES string of the molecule is COc1cc(C(=O)Nc2cc(F)ccc2C)cc(Br)c1OCc1ccccc1. The lowest BCUT2D eigenvalue weighted by Crippen LogP contribution is -2.13. The number of methoxy groups -OCH3 is 1. The molecule has 0 aliphatic heterocycles. The van der Waals surface area contributed by atoms with Gasteiger partial charge >= 0.3 is 0 Å². The molecule has 0 radical (unpaired) electrons. The molecule has 3 aromatic rings. The van der Waals surface area contributed by atoms with Crippen molar-refractivity contribution in [3.8, 4) is 11.5 Å². The van der Waals surface area contributed by atoms with Gasteiger partial charge in [0.15, 0.2) is 11.5 Å². The van der Waals surface area contributed by atoms with Gasteiger partial charge in [0, 0.05) is 11.3 Å². The Bertz CT molecular complexity index is 993. The number of hydrogen-bond acceptors (Lipinski definition) is 3. The van der Waals surface area contributed by atoms with Crippen molar-refractivity contribution in [1.29, 1.82) is 0 Å². The van der Waals surface area contributed by atoms with E-state index in [4.69, 9.17) is 9.47 Å². The van der Waals surface area contributed by atoms with Gasteiger partial charge in [-0.2, -0.15) is 0 Å². The van der Waals surface area contributed by atoms with Crippen LogP contribution in [-0.2, 0) is 6.61 Å². The number of amides is 1. The second kappa shape index (κ2) is 8.89. The van der Waals surface area contributed by atoms with E-state index in [-0.39, 0.29) is 5.91 Å². The Labute approximate surface area is 171 Å².